The molecule has 0 atom stereocenters. The molecule has 0 aliphatic carbocycles. The Labute approximate surface area is 114 Å². The number of aromatic nitrogens is 2. The van der Waals surface area contributed by atoms with E-state index in [1.54, 1.807) is 7.05 Å². The molecule has 0 aliphatic rings. The molecule has 94 valence electrons. The lowest BCUT2D eigenvalue weighted by atomic mass is 10.1. The highest BCUT2D eigenvalue weighted by atomic mass is 79.9. The monoisotopic (exact) mass is 307 g/mol. The van der Waals surface area contributed by atoms with Gasteiger partial charge < -0.3 is 5.73 Å². The first-order valence-electron chi connectivity index (χ1n) is 5.64. The van der Waals surface area contributed by atoms with Gasteiger partial charge in [-0.15, -0.1) is 0 Å². The molecular formula is C13H14BrN3O. The van der Waals surface area contributed by atoms with Crippen molar-refractivity contribution in [3.8, 4) is 0 Å². The van der Waals surface area contributed by atoms with Gasteiger partial charge in [-0.1, -0.05) is 30.3 Å². The lowest BCUT2D eigenvalue weighted by Gasteiger charge is -2.08. The molecular weight excluding hydrogens is 294 g/mol. The number of hydrogen-bond donors (Lipinski definition) is 1. The number of nitrogens with zero attached hydrogens (tertiary/aromatic N) is 2. The summed E-state index contributed by atoms with van der Waals surface area (Å²) in [5, 5.41) is 0. The summed E-state index contributed by atoms with van der Waals surface area (Å²) in [6.45, 7) is 0. The molecule has 0 spiro atoms. The number of nitrogens with two attached hydrogens (primary N) is 1. The molecule has 18 heavy (non-hydrogen) atoms. The highest BCUT2D eigenvalue weighted by molar-refractivity contribution is 9.10. The second-order valence-electron chi connectivity index (χ2n) is 4.08. The van der Waals surface area contributed by atoms with E-state index >= 15 is 0 Å². The van der Waals surface area contributed by atoms with Crippen LogP contribution in [0.2, 0.25) is 0 Å². The lowest BCUT2D eigenvalue weighted by molar-refractivity contribution is 0.796. The van der Waals surface area contributed by atoms with Gasteiger partial charge in [-0.2, -0.15) is 0 Å². The first kappa shape index (κ1) is 12.8. The van der Waals surface area contributed by atoms with E-state index in [4.69, 9.17) is 5.73 Å². The number of anilines is 1. The van der Waals surface area contributed by atoms with E-state index in [1.165, 1.54) is 10.1 Å². The van der Waals surface area contributed by atoms with E-state index in [0.717, 1.165) is 6.42 Å². The van der Waals surface area contributed by atoms with Crippen molar-refractivity contribution in [2.24, 2.45) is 7.05 Å². The Kier molecular flexibility index (Phi) is 3.81. The molecule has 0 saturated heterocycles. The van der Waals surface area contributed by atoms with Crippen LogP contribution in [-0.4, -0.2) is 9.55 Å². The topological polar surface area (TPSA) is 60.9 Å². The summed E-state index contributed by atoms with van der Waals surface area (Å²) in [4.78, 5) is 16.1. The third-order valence-electron chi connectivity index (χ3n) is 2.83. The Morgan fingerprint density at radius 3 is 2.61 bits per heavy atom. The Bertz CT molecular complexity index is 608. The van der Waals surface area contributed by atoms with E-state index in [-0.39, 0.29) is 11.5 Å². The second-order valence-corrected chi connectivity index (χ2v) is 4.87. The molecule has 2 rings (SSSR count). The minimum absolute atomic E-state index is 0.148. The van der Waals surface area contributed by atoms with Crippen LogP contribution in [0.1, 0.15) is 11.3 Å². The molecule has 1 heterocycles. The van der Waals surface area contributed by atoms with Crippen LogP contribution in [0.5, 0.6) is 0 Å². The highest BCUT2D eigenvalue weighted by Crippen LogP contribution is 2.14. The number of nitrogen functional groups attached to an aromatic ring is 1. The van der Waals surface area contributed by atoms with Gasteiger partial charge in [0.15, 0.2) is 0 Å². The van der Waals surface area contributed by atoms with Gasteiger partial charge in [0.1, 0.15) is 4.47 Å². The molecule has 1 aromatic heterocycles. The normalized spacial score (nSPS) is 10.6. The molecule has 0 bridgehead atoms. The third kappa shape index (κ3) is 2.61. The van der Waals surface area contributed by atoms with Gasteiger partial charge >= 0.3 is 0 Å². The zero-order valence-corrected chi connectivity index (χ0v) is 11.6. The maximum absolute atomic E-state index is 11.8. The molecule has 0 aliphatic heterocycles. The van der Waals surface area contributed by atoms with E-state index in [2.05, 4.69) is 33.0 Å². The van der Waals surface area contributed by atoms with Crippen LogP contribution >= 0.6 is 15.9 Å². The highest BCUT2D eigenvalue weighted by Gasteiger charge is 2.10. The van der Waals surface area contributed by atoms with E-state index in [9.17, 15) is 4.79 Å². The van der Waals surface area contributed by atoms with Crippen molar-refractivity contribution in [3.63, 3.8) is 0 Å². The summed E-state index contributed by atoms with van der Waals surface area (Å²) in [6.07, 6.45) is 1.52. The smallest absolute Gasteiger partial charge is 0.269 e. The second kappa shape index (κ2) is 5.35. The molecule has 0 radical (unpaired) electrons. The molecule has 0 fully saturated rings. The molecule has 2 N–H and O–H groups in total. The fraction of sp³-hybridized carbons (Fsp3) is 0.231. The van der Waals surface area contributed by atoms with Crippen LogP contribution in [0.25, 0.3) is 0 Å². The standard InChI is InChI=1S/C13H14BrN3O/c1-17-12(18)11(14)10(16-13(17)15)8-7-9-5-3-2-4-6-9/h2-6H,7-8H2,1H3,(H2,15,16). The Morgan fingerprint density at radius 1 is 1.28 bits per heavy atom. The number of aryl methyl sites for hydroxylation is 2. The summed E-state index contributed by atoms with van der Waals surface area (Å²) in [5.74, 6) is 0.242. The maximum Gasteiger partial charge on any atom is 0.269 e. The largest absolute Gasteiger partial charge is 0.369 e. The van der Waals surface area contributed by atoms with E-state index in [1.807, 2.05) is 18.2 Å². The van der Waals surface area contributed by atoms with Crippen LogP contribution < -0.4 is 11.3 Å². The number of halogens is 1. The van der Waals surface area contributed by atoms with E-state index < -0.39 is 0 Å². The first-order chi connectivity index (χ1) is 8.59. The molecule has 2 aromatic rings. The molecule has 4 nitrogen and oxygen atoms in total. The zero-order valence-electron chi connectivity index (χ0n) is 10.1. The molecule has 0 saturated carbocycles. The number of benzene rings is 1. The summed E-state index contributed by atoms with van der Waals surface area (Å²) < 4.78 is 1.82. The molecule has 0 unspecified atom stereocenters. The minimum Gasteiger partial charge on any atom is -0.369 e. The van der Waals surface area contributed by atoms with Gasteiger partial charge in [-0.05, 0) is 34.3 Å². The Balaban J connectivity index is 2.23. The van der Waals surface area contributed by atoms with Gasteiger partial charge in [0, 0.05) is 7.05 Å². The third-order valence-corrected chi connectivity index (χ3v) is 3.63. The van der Waals surface area contributed by atoms with Crippen LogP contribution in [0.4, 0.5) is 5.95 Å². The molecule has 5 heteroatoms. The van der Waals surface area contributed by atoms with E-state index in [0.29, 0.717) is 16.6 Å². The SMILES string of the molecule is Cn1c(N)nc(CCc2ccccc2)c(Br)c1=O. The fourth-order valence-electron chi connectivity index (χ4n) is 1.71. The quantitative estimate of drug-likeness (QED) is 0.942. The van der Waals surface area contributed by atoms with Crippen LogP contribution in [0, 0.1) is 0 Å². The van der Waals surface area contributed by atoms with Gasteiger partial charge in [-0.3, -0.25) is 9.36 Å². The van der Waals surface area contributed by atoms with Gasteiger partial charge in [0.25, 0.3) is 5.56 Å². The zero-order chi connectivity index (χ0) is 13.1. The van der Waals surface area contributed by atoms with Crippen molar-refractivity contribution in [1.82, 2.24) is 9.55 Å². The lowest BCUT2D eigenvalue weighted by Crippen LogP contribution is -2.24. The Morgan fingerprint density at radius 2 is 1.94 bits per heavy atom. The summed E-state index contributed by atoms with van der Waals surface area (Å²) in [6, 6.07) is 10.1. The summed E-state index contributed by atoms with van der Waals surface area (Å²) in [5.41, 5.74) is 7.46. The van der Waals surface area contributed by atoms with Crippen LogP contribution in [-0.2, 0) is 19.9 Å². The van der Waals surface area contributed by atoms with Crippen LogP contribution in [0.15, 0.2) is 39.6 Å². The van der Waals surface area contributed by atoms with Crippen molar-refractivity contribution in [2.45, 2.75) is 12.8 Å². The summed E-state index contributed by atoms with van der Waals surface area (Å²) in [7, 11) is 1.61. The van der Waals surface area contributed by atoms with Crippen molar-refractivity contribution >= 4 is 21.9 Å². The van der Waals surface area contributed by atoms with Crippen molar-refractivity contribution in [3.05, 3.63) is 56.4 Å². The van der Waals surface area contributed by atoms with Crippen molar-refractivity contribution in [2.75, 3.05) is 5.73 Å². The Hall–Kier alpha value is -1.62. The minimum atomic E-state index is -0.148. The average Bonchev–Trinajstić information content (AvgIpc) is 2.40. The fourth-order valence-corrected chi connectivity index (χ4v) is 2.26. The number of rotatable bonds is 3. The van der Waals surface area contributed by atoms with Crippen molar-refractivity contribution in [1.29, 1.82) is 0 Å². The van der Waals surface area contributed by atoms with Crippen molar-refractivity contribution < 1.29 is 0 Å². The first-order valence-corrected chi connectivity index (χ1v) is 6.43. The van der Waals surface area contributed by atoms with Crippen LogP contribution in [0.3, 0.4) is 0 Å². The molecule has 1 aromatic carbocycles. The van der Waals surface area contributed by atoms with Gasteiger partial charge in [-0.25, -0.2) is 4.98 Å². The maximum atomic E-state index is 11.8. The summed E-state index contributed by atoms with van der Waals surface area (Å²) >= 11 is 3.29. The average molecular weight is 308 g/mol. The van der Waals surface area contributed by atoms with Gasteiger partial charge in [0.2, 0.25) is 5.95 Å². The predicted molar refractivity (Wildman–Crippen MR) is 75.4 cm³/mol. The number of hydrogen-bond acceptors (Lipinski definition) is 3. The predicted octanol–water partition coefficient (Wildman–Crippen LogP) is 1.91. The van der Waals surface area contributed by atoms with Gasteiger partial charge in [0.05, 0.1) is 5.69 Å². The molecule has 0 amide bonds.